The molecule has 1 saturated carbocycles. The maximum absolute atomic E-state index is 12.9. The number of ether oxygens (including phenoxy) is 2. The van der Waals surface area contributed by atoms with Crippen molar-refractivity contribution in [2.24, 2.45) is 0 Å². The highest BCUT2D eigenvalue weighted by molar-refractivity contribution is 7.47. The van der Waals surface area contributed by atoms with Crippen LogP contribution in [0.2, 0.25) is 0 Å². The molecule has 0 bridgehead atoms. The molecule has 14 heteroatoms. The summed E-state index contributed by atoms with van der Waals surface area (Å²) < 4.78 is 33.7. The molecule has 1 aliphatic rings. The van der Waals surface area contributed by atoms with Crippen LogP contribution in [0.1, 0.15) is 226 Å². The van der Waals surface area contributed by atoms with Crippen molar-refractivity contribution in [2.75, 3.05) is 13.2 Å². The van der Waals surface area contributed by atoms with Crippen LogP contribution in [0, 0.1) is 0 Å². The lowest BCUT2D eigenvalue weighted by Gasteiger charge is -2.41. The first-order valence-electron chi connectivity index (χ1n) is 27.6. The van der Waals surface area contributed by atoms with E-state index in [9.17, 15) is 44.6 Å². The Morgan fingerprint density at radius 3 is 1.24 bits per heavy atom. The summed E-state index contributed by atoms with van der Waals surface area (Å²) in [5.74, 6) is -1.13. The lowest BCUT2D eigenvalue weighted by molar-refractivity contribution is -0.220. The lowest BCUT2D eigenvalue weighted by Crippen LogP contribution is -2.64. The first kappa shape index (κ1) is 65.6. The second-order valence-electron chi connectivity index (χ2n) is 19.1. The Hall–Kier alpha value is -2.45. The minimum Gasteiger partial charge on any atom is -0.462 e. The number of aliphatic hydroxyl groups excluding tert-OH is 5. The third-order valence-electron chi connectivity index (χ3n) is 12.6. The number of aliphatic hydroxyl groups is 5. The molecule has 70 heavy (non-hydrogen) atoms. The zero-order valence-corrected chi connectivity index (χ0v) is 44.4. The summed E-state index contributed by atoms with van der Waals surface area (Å²) in [5.41, 5.74) is 0. The highest BCUT2D eigenvalue weighted by atomic mass is 31.2. The van der Waals surface area contributed by atoms with Crippen molar-refractivity contribution in [3.8, 4) is 0 Å². The largest absolute Gasteiger partial charge is 0.472 e. The van der Waals surface area contributed by atoms with E-state index >= 15 is 0 Å². The van der Waals surface area contributed by atoms with Crippen LogP contribution in [0.25, 0.3) is 0 Å². The predicted molar refractivity (Wildman–Crippen MR) is 281 cm³/mol. The average Bonchev–Trinajstić information content (AvgIpc) is 3.34. The lowest BCUT2D eigenvalue weighted by atomic mass is 9.85. The molecule has 0 aromatic heterocycles. The van der Waals surface area contributed by atoms with Gasteiger partial charge >= 0.3 is 19.8 Å². The van der Waals surface area contributed by atoms with E-state index in [1.165, 1.54) is 116 Å². The molecular formula is C56H99O13P. The van der Waals surface area contributed by atoms with Crippen molar-refractivity contribution in [3.05, 3.63) is 60.8 Å². The maximum Gasteiger partial charge on any atom is 0.472 e. The van der Waals surface area contributed by atoms with E-state index in [4.69, 9.17) is 18.5 Å². The number of carbonyl (C=O) groups is 2. The fourth-order valence-corrected chi connectivity index (χ4v) is 9.23. The number of phosphoric acid groups is 1. The van der Waals surface area contributed by atoms with Crippen LogP contribution >= 0.6 is 7.82 Å². The van der Waals surface area contributed by atoms with Crippen LogP contribution in [-0.4, -0.2) is 98.3 Å². The highest BCUT2D eigenvalue weighted by Gasteiger charge is 2.51. The summed E-state index contributed by atoms with van der Waals surface area (Å²) in [5, 5.41) is 50.3. The van der Waals surface area contributed by atoms with Gasteiger partial charge in [-0.05, 0) is 57.8 Å². The molecule has 0 saturated heterocycles. The van der Waals surface area contributed by atoms with Gasteiger partial charge in [0.2, 0.25) is 0 Å². The fourth-order valence-electron chi connectivity index (χ4n) is 8.26. The van der Waals surface area contributed by atoms with Crippen molar-refractivity contribution in [1.82, 2.24) is 0 Å². The fraction of sp³-hybridized carbons (Fsp3) is 0.786. The molecule has 0 spiro atoms. The van der Waals surface area contributed by atoms with Crippen molar-refractivity contribution in [3.63, 3.8) is 0 Å². The van der Waals surface area contributed by atoms with E-state index in [1.54, 1.807) is 0 Å². The summed E-state index contributed by atoms with van der Waals surface area (Å²) in [6.45, 7) is 3.20. The molecule has 13 nitrogen and oxygen atoms in total. The number of phosphoric ester groups is 1. The maximum atomic E-state index is 12.9. The molecule has 0 radical (unpaired) electrons. The minimum atomic E-state index is -5.14. The zero-order valence-electron chi connectivity index (χ0n) is 43.6. The third-order valence-corrected chi connectivity index (χ3v) is 13.6. The topological polar surface area (TPSA) is 210 Å². The number of carbonyl (C=O) groups excluding carboxylic acids is 2. The monoisotopic (exact) mass is 1010 g/mol. The van der Waals surface area contributed by atoms with E-state index in [1.807, 2.05) is 0 Å². The molecule has 406 valence electrons. The normalized spacial score (nSPS) is 21.2. The van der Waals surface area contributed by atoms with Crippen LogP contribution in [-0.2, 0) is 32.7 Å². The predicted octanol–water partition coefficient (Wildman–Crippen LogP) is 12.5. The van der Waals surface area contributed by atoms with Crippen molar-refractivity contribution >= 4 is 19.8 Å². The molecule has 0 aromatic carbocycles. The van der Waals surface area contributed by atoms with Gasteiger partial charge in [-0.2, -0.15) is 0 Å². The first-order valence-corrected chi connectivity index (χ1v) is 29.1. The quantitative estimate of drug-likeness (QED) is 0.0145. The summed E-state index contributed by atoms with van der Waals surface area (Å²) in [6.07, 6.45) is 44.1. The second-order valence-corrected chi connectivity index (χ2v) is 20.5. The smallest absolute Gasteiger partial charge is 0.462 e. The Bertz CT molecular complexity index is 1450. The Balaban J connectivity index is 2.37. The van der Waals surface area contributed by atoms with E-state index in [-0.39, 0.29) is 12.8 Å². The van der Waals surface area contributed by atoms with E-state index in [2.05, 4.69) is 74.6 Å². The minimum absolute atomic E-state index is 0.0570. The molecule has 1 aliphatic carbocycles. The standard InChI is InChI=1S/C56H99O13P/c1-3-5-7-9-11-13-15-17-19-21-23-24-25-27-28-30-32-34-36-38-40-42-44-49(57)66-46-48(47-67-70(64,65)69-56-54(62)52(60)51(59)53(61)55(56)63)68-50(58)45-43-41-39-37-35-33-31-29-26-22-20-18-16-14-12-10-8-6-4-2/h6,8,12,14,18,20,26,29,33,35,48,51-56,59-63H,3-5,7,9-11,13,15-17,19,21-25,27-28,30-32,34,36-47H2,1-2H3,(H,64,65)/b8-6-,14-12-,20-18-,29-26-,35-33-. The summed E-state index contributed by atoms with van der Waals surface area (Å²) in [4.78, 5) is 35.9. The summed E-state index contributed by atoms with van der Waals surface area (Å²) in [6, 6.07) is 0. The van der Waals surface area contributed by atoms with Crippen molar-refractivity contribution < 1.29 is 63.1 Å². The molecule has 0 aliphatic heterocycles. The average molecular weight is 1010 g/mol. The Labute approximate surface area is 423 Å². The number of allylic oxidation sites excluding steroid dienone is 10. The van der Waals surface area contributed by atoms with Gasteiger partial charge in [0.15, 0.2) is 6.10 Å². The van der Waals surface area contributed by atoms with Gasteiger partial charge in [-0.15, -0.1) is 0 Å². The first-order chi connectivity index (χ1) is 33.9. The van der Waals surface area contributed by atoms with Crippen LogP contribution in [0.4, 0.5) is 0 Å². The van der Waals surface area contributed by atoms with Crippen LogP contribution < -0.4 is 0 Å². The second kappa shape index (κ2) is 45.2. The zero-order chi connectivity index (χ0) is 51.3. The Kier molecular flexibility index (Phi) is 42.3. The number of unbranched alkanes of at least 4 members (excludes halogenated alkanes) is 24. The Morgan fingerprint density at radius 2 is 0.814 bits per heavy atom. The van der Waals surface area contributed by atoms with Crippen molar-refractivity contribution in [2.45, 2.75) is 268 Å². The number of esters is 2. The van der Waals surface area contributed by atoms with E-state index in [0.29, 0.717) is 12.8 Å². The van der Waals surface area contributed by atoms with Gasteiger partial charge in [0.1, 0.15) is 43.2 Å². The number of hydrogen-bond donors (Lipinski definition) is 6. The van der Waals surface area contributed by atoms with E-state index < -0.39 is 75.7 Å². The van der Waals surface area contributed by atoms with Gasteiger partial charge in [0.05, 0.1) is 6.61 Å². The van der Waals surface area contributed by atoms with E-state index in [0.717, 1.165) is 70.6 Å². The summed E-state index contributed by atoms with van der Waals surface area (Å²) >= 11 is 0. The van der Waals surface area contributed by atoms with Gasteiger partial charge in [-0.25, -0.2) is 4.57 Å². The molecule has 1 rings (SSSR count). The molecule has 1 fully saturated rings. The van der Waals surface area contributed by atoms with Crippen LogP contribution in [0.5, 0.6) is 0 Å². The Morgan fingerprint density at radius 1 is 0.457 bits per heavy atom. The van der Waals surface area contributed by atoms with Gasteiger partial charge in [-0.3, -0.25) is 18.6 Å². The SMILES string of the molecule is CC/C=C\C/C=C\C/C=C\C/C=C\C/C=C\CCCCCC(=O)OC(COC(=O)CCCCCCCCCCCCCCCCCCCCCCCC)COP(=O)(O)OC1C(O)C(O)C(O)C(O)C1O. The molecule has 0 amide bonds. The molecule has 6 N–H and O–H groups in total. The molecule has 0 heterocycles. The number of hydrogen-bond acceptors (Lipinski definition) is 12. The number of rotatable bonds is 46. The third kappa shape index (κ3) is 36.5. The van der Waals surface area contributed by atoms with Gasteiger partial charge in [0, 0.05) is 12.8 Å². The van der Waals surface area contributed by atoms with Gasteiger partial charge < -0.3 is 39.9 Å². The van der Waals surface area contributed by atoms with Crippen LogP contribution in [0.15, 0.2) is 60.8 Å². The van der Waals surface area contributed by atoms with Gasteiger partial charge in [0.25, 0.3) is 0 Å². The summed E-state index contributed by atoms with van der Waals surface area (Å²) in [7, 11) is -5.14. The van der Waals surface area contributed by atoms with Crippen molar-refractivity contribution in [1.29, 1.82) is 0 Å². The highest BCUT2D eigenvalue weighted by Crippen LogP contribution is 2.47. The van der Waals surface area contributed by atoms with Gasteiger partial charge in [-0.1, -0.05) is 216 Å². The molecule has 0 aromatic rings. The van der Waals surface area contributed by atoms with Crippen LogP contribution in [0.3, 0.4) is 0 Å². The molecule has 6 atom stereocenters. The molecular weight excluding hydrogens is 912 g/mol. The molecule has 6 unspecified atom stereocenters.